The standard InChI is InChI=1S/C22H31ClN6O2/c1-22(12-31-13-22)11-28(2)16-7-8-19(18(24)9-16)29-10-17(20(25)30)21(27-29)26-15-5-3-14(23)4-6-15/h3-6,10,16,18-19H,7-9,11-13,24H2,1-2H3,(H2,25,30)(H,26,27)/t16-,18-,19?/m0/s1. The van der Waals surface area contributed by atoms with Crippen LogP contribution >= 0.6 is 11.6 Å². The Balaban J connectivity index is 1.45. The molecule has 8 nitrogen and oxygen atoms in total. The number of rotatable bonds is 7. The lowest BCUT2D eigenvalue weighted by atomic mass is 9.83. The molecule has 2 aromatic rings. The predicted molar refractivity (Wildman–Crippen MR) is 122 cm³/mol. The van der Waals surface area contributed by atoms with E-state index in [1.165, 1.54) is 0 Å². The summed E-state index contributed by atoms with van der Waals surface area (Å²) >= 11 is 5.95. The molecule has 1 saturated heterocycles. The second-order valence-corrected chi connectivity index (χ2v) is 9.72. The first-order valence-corrected chi connectivity index (χ1v) is 11.1. The van der Waals surface area contributed by atoms with Crippen LogP contribution < -0.4 is 16.8 Å². The lowest BCUT2D eigenvalue weighted by Crippen LogP contribution is -2.52. The van der Waals surface area contributed by atoms with Crippen LogP contribution in [0.5, 0.6) is 0 Å². The fourth-order valence-corrected chi connectivity index (χ4v) is 4.80. The molecule has 9 heteroatoms. The normalized spacial score (nSPS) is 25.3. The molecule has 2 aliphatic rings. The Bertz CT molecular complexity index is 927. The number of aromatic nitrogens is 2. The van der Waals surface area contributed by atoms with E-state index in [4.69, 9.17) is 27.8 Å². The van der Waals surface area contributed by atoms with E-state index in [9.17, 15) is 4.79 Å². The quantitative estimate of drug-likeness (QED) is 0.603. The first-order valence-electron chi connectivity index (χ1n) is 10.7. The van der Waals surface area contributed by atoms with Crippen LogP contribution in [0.1, 0.15) is 42.6 Å². The van der Waals surface area contributed by atoms with Crippen LogP contribution in [0.2, 0.25) is 5.02 Å². The molecule has 0 radical (unpaired) electrons. The molecule has 0 spiro atoms. The summed E-state index contributed by atoms with van der Waals surface area (Å²) in [4.78, 5) is 14.4. The maximum Gasteiger partial charge on any atom is 0.254 e. The minimum absolute atomic E-state index is 0.0196. The zero-order valence-electron chi connectivity index (χ0n) is 18.1. The molecule has 2 heterocycles. The van der Waals surface area contributed by atoms with Crippen molar-refractivity contribution in [3.8, 4) is 0 Å². The highest BCUT2D eigenvalue weighted by atomic mass is 35.5. The summed E-state index contributed by atoms with van der Waals surface area (Å²) < 4.78 is 7.20. The molecule has 168 valence electrons. The lowest BCUT2D eigenvalue weighted by molar-refractivity contribution is -0.117. The largest absolute Gasteiger partial charge is 0.380 e. The zero-order valence-corrected chi connectivity index (χ0v) is 18.8. The number of amides is 1. The van der Waals surface area contributed by atoms with Gasteiger partial charge in [0.25, 0.3) is 5.91 Å². The Kier molecular flexibility index (Phi) is 6.25. The molecule has 4 rings (SSSR count). The molecule has 1 aromatic carbocycles. The summed E-state index contributed by atoms with van der Waals surface area (Å²) in [5.74, 6) is -0.0974. The molecule has 1 aliphatic carbocycles. The number of hydrogen-bond donors (Lipinski definition) is 3. The highest BCUT2D eigenvalue weighted by Crippen LogP contribution is 2.34. The van der Waals surface area contributed by atoms with Crippen molar-refractivity contribution in [2.24, 2.45) is 16.9 Å². The van der Waals surface area contributed by atoms with E-state index in [2.05, 4.69) is 29.3 Å². The summed E-state index contributed by atoms with van der Waals surface area (Å²) in [5, 5.41) is 8.44. The third-order valence-electron chi connectivity index (χ3n) is 6.43. The van der Waals surface area contributed by atoms with E-state index >= 15 is 0 Å². The van der Waals surface area contributed by atoms with Crippen molar-refractivity contribution in [3.05, 3.63) is 41.0 Å². The van der Waals surface area contributed by atoms with Gasteiger partial charge in [0.2, 0.25) is 0 Å². The third kappa shape index (κ3) is 4.87. The van der Waals surface area contributed by atoms with Crippen molar-refractivity contribution in [2.45, 2.75) is 44.3 Å². The number of halogens is 1. The molecule has 31 heavy (non-hydrogen) atoms. The van der Waals surface area contributed by atoms with Crippen molar-refractivity contribution < 1.29 is 9.53 Å². The second kappa shape index (κ2) is 8.78. The van der Waals surface area contributed by atoms with E-state index in [1.807, 2.05) is 12.1 Å². The van der Waals surface area contributed by atoms with Gasteiger partial charge < -0.3 is 26.4 Å². The molecule has 1 unspecified atom stereocenters. The van der Waals surface area contributed by atoms with Crippen molar-refractivity contribution in [2.75, 3.05) is 32.1 Å². The fraction of sp³-hybridized carbons (Fsp3) is 0.545. The Morgan fingerprint density at radius 1 is 1.35 bits per heavy atom. The number of primary amides is 1. The Morgan fingerprint density at radius 3 is 2.65 bits per heavy atom. The maximum atomic E-state index is 12.0. The molecule has 1 saturated carbocycles. The Labute approximate surface area is 187 Å². The van der Waals surface area contributed by atoms with E-state index in [0.29, 0.717) is 22.4 Å². The minimum atomic E-state index is -0.527. The molecule has 1 aromatic heterocycles. The lowest BCUT2D eigenvalue weighted by Gasteiger charge is -2.45. The van der Waals surface area contributed by atoms with Crippen LogP contribution in [0.15, 0.2) is 30.5 Å². The van der Waals surface area contributed by atoms with Gasteiger partial charge in [-0.1, -0.05) is 18.5 Å². The SMILES string of the molecule is CN(CC1(C)COC1)[C@H]1CCC(n2cc(C(N)=O)c(Nc3ccc(Cl)cc3)n2)[C@@H](N)C1. The topological polar surface area (TPSA) is 111 Å². The van der Waals surface area contributed by atoms with Gasteiger partial charge in [-0.05, 0) is 50.6 Å². The second-order valence-electron chi connectivity index (χ2n) is 9.28. The number of benzene rings is 1. The summed E-state index contributed by atoms with van der Waals surface area (Å²) in [6.07, 6.45) is 4.51. The van der Waals surface area contributed by atoms with Crippen LogP contribution in [0.3, 0.4) is 0 Å². The number of ether oxygens (including phenoxy) is 1. The molecule has 5 N–H and O–H groups in total. The van der Waals surface area contributed by atoms with Crippen LogP contribution in [-0.4, -0.2) is 59.5 Å². The molecular weight excluding hydrogens is 416 g/mol. The summed E-state index contributed by atoms with van der Waals surface area (Å²) in [6, 6.07) is 7.59. The highest BCUT2D eigenvalue weighted by molar-refractivity contribution is 6.30. The molecule has 1 amide bonds. The average molecular weight is 447 g/mol. The van der Waals surface area contributed by atoms with Gasteiger partial charge in [0.15, 0.2) is 5.82 Å². The molecular formula is C22H31ClN6O2. The van der Waals surface area contributed by atoms with Crippen LogP contribution in [0.25, 0.3) is 0 Å². The summed E-state index contributed by atoms with van der Waals surface area (Å²) in [7, 11) is 2.18. The van der Waals surface area contributed by atoms with Crippen molar-refractivity contribution in [3.63, 3.8) is 0 Å². The van der Waals surface area contributed by atoms with Gasteiger partial charge in [-0.3, -0.25) is 9.48 Å². The number of anilines is 2. The van der Waals surface area contributed by atoms with Gasteiger partial charge in [-0.2, -0.15) is 5.10 Å². The van der Waals surface area contributed by atoms with Crippen molar-refractivity contribution in [1.29, 1.82) is 0 Å². The molecule has 3 atom stereocenters. The summed E-state index contributed by atoms with van der Waals surface area (Å²) in [5.41, 5.74) is 13.6. The van der Waals surface area contributed by atoms with E-state index in [-0.39, 0.29) is 17.5 Å². The van der Waals surface area contributed by atoms with E-state index in [0.717, 1.165) is 44.7 Å². The molecule has 2 fully saturated rings. The van der Waals surface area contributed by atoms with Gasteiger partial charge in [-0.15, -0.1) is 0 Å². The monoisotopic (exact) mass is 446 g/mol. The summed E-state index contributed by atoms with van der Waals surface area (Å²) in [6.45, 7) is 4.93. The van der Waals surface area contributed by atoms with Crippen LogP contribution in [0, 0.1) is 5.41 Å². The van der Waals surface area contributed by atoms with Gasteiger partial charge in [0.05, 0.1) is 19.3 Å². The van der Waals surface area contributed by atoms with E-state index in [1.54, 1.807) is 23.0 Å². The Hall–Kier alpha value is -2.13. The number of nitrogens with two attached hydrogens (primary N) is 2. The van der Waals surface area contributed by atoms with Crippen LogP contribution in [-0.2, 0) is 4.74 Å². The minimum Gasteiger partial charge on any atom is -0.380 e. The average Bonchev–Trinajstić information content (AvgIpc) is 3.12. The number of nitrogens with zero attached hydrogens (tertiary/aromatic N) is 3. The first-order chi connectivity index (χ1) is 14.7. The van der Waals surface area contributed by atoms with Gasteiger partial charge in [0.1, 0.15) is 5.56 Å². The smallest absolute Gasteiger partial charge is 0.254 e. The first kappa shape index (κ1) is 22.1. The van der Waals surface area contributed by atoms with Crippen molar-refractivity contribution in [1.82, 2.24) is 14.7 Å². The highest BCUT2D eigenvalue weighted by Gasteiger charge is 2.38. The number of nitrogens with one attached hydrogen (secondary N) is 1. The van der Waals surface area contributed by atoms with E-state index < -0.39 is 5.91 Å². The fourth-order valence-electron chi connectivity index (χ4n) is 4.67. The number of carbonyl (C=O) groups is 1. The predicted octanol–water partition coefficient (Wildman–Crippen LogP) is 2.77. The Morgan fingerprint density at radius 2 is 2.06 bits per heavy atom. The molecule has 1 aliphatic heterocycles. The van der Waals surface area contributed by atoms with Gasteiger partial charge in [0, 0.05) is 41.0 Å². The number of carbonyl (C=O) groups excluding carboxylic acids is 1. The van der Waals surface area contributed by atoms with Crippen LogP contribution in [0.4, 0.5) is 11.5 Å². The zero-order chi connectivity index (χ0) is 22.2. The maximum absolute atomic E-state index is 12.0. The van der Waals surface area contributed by atoms with Gasteiger partial charge in [-0.25, -0.2) is 0 Å². The van der Waals surface area contributed by atoms with Crippen molar-refractivity contribution >= 4 is 29.0 Å². The van der Waals surface area contributed by atoms with Gasteiger partial charge >= 0.3 is 0 Å². The number of hydrogen-bond acceptors (Lipinski definition) is 6. The molecule has 0 bridgehead atoms. The third-order valence-corrected chi connectivity index (χ3v) is 6.69.